The number of quaternary nitrogens is 1. The summed E-state index contributed by atoms with van der Waals surface area (Å²) < 4.78 is 180. The molecule has 0 saturated carbocycles. The molecule has 0 aliphatic heterocycles. The first kappa shape index (κ1) is 4.99. The van der Waals surface area contributed by atoms with Crippen molar-refractivity contribution in [2.24, 2.45) is 0 Å². The molecular weight excluding hydrogens is 291 g/mol. The van der Waals surface area contributed by atoms with Gasteiger partial charge >= 0.3 is 6.18 Å². The first-order chi connectivity index (χ1) is 17.2. The van der Waals surface area contributed by atoms with Gasteiger partial charge in [0.1, 0.15) is 11.8 Å². The Labute approximate surface area is 151 Å². The third-order valence-corrected chi connectivity index (χ3v) is 2.07. The van der Waals surface area contributed by atoms with Crippen LogP contribution in [0.1, 0.15) is 46.9 Å². The van der Waals surface area contributed by atoms with Crippen LogP contribution in [0.3, 0.4) is 0 Å². The monoisotopic (exact) mass is 327 g/mol. The number of nitrogens with two attached hydrogens (primary N) is 1. The summed E-state index contributed by atoms with van der Waals surface area (Å²) in [5, 5.41) is -0.191. The number of rotatable bonds is 6. The first-order valence-electron chi connectivity index (χ1n) is 14.1. The third-order valence-electron chi connectivity index (χ3n) is 2.07. The lowest BCUT2D eigenvalue weighted by Gasteiger charge is -2.19. The van der Waals surface area contributed by atoms with Crippen LogP contribution >= 0.6 is 0 Å². The number of halogens is 3. The average Bonchev–Trinajstić information content (AvgIpc) is 2.75. The van der Waals surface area contributed by atoms with Crippen molar-refractivity contribution in [3.05, 3.63) is 65.5 Å². The van der Waals surface area contributed by atoms with Crippen LogP contribution in [-0.2, 0) is 6.18 Å². The molecule has 2 aromatic rings. The molecular formula is C17H19F3NO+. The minimum atomic E-state index is -5.41. The summed E-state index contributed by atoms with van der Waals surface area (Å²) in [6, 6.07) is -12.9. The molecule has 0 aliphatic rings. The molecule has 2 rings (SSSR count). The van der Waals surface area contributed by atoms with E-state index in [0.29, 0.717) is 0 Å². The zero-order chi connectivity index (χ0) is 30.8. The third kappa shape index (κ3) is 4.49. The SMILES string of the molecule is [2H]c1c([2H])c([2H])c([C@@]([2H])(Oc2c([2H])c([2H])c(C(F)(F)F)c([2H])c2[2H])C([2H])([2H])C([2H])([2H])[NH2+]C([2H])([2H])[2H])c([2H])c1[2H]. The van der Waals surface area contributed by atoms with E-state index in [1.54, 1.807) is 0 Å². The van der Waals surface area contributed by atoms with Crippen molar-refractivity contribution in [2.75, 3.05) is 13.5 Å². The van der Waals surface area contributed by atoms with Crippen molar-refractivity contribution in [3.63, 3.8) is 0 Å². The van der Waals surface area contributed by atoms with Gasteiger partial charge in [0.05, 0.1) is 39.6 Å². The smallest absolute Gasteiger partial charge is 0.416 e. The topological polar surface area (TPSA) is 25.8 Å². The number of hydrogen-bond acceptors (Lipinski definition) is 1. The molecule has 1 atom stereocenters. The molecule has 0 radical (unpaired) electrons. The van der Waals surface area contributed by atoms with Gasteiger partial charge in [0.25, 0.3) is 0 Å². The van der Waals surface area contributed by atoms with Gasteiger partial charge < -0.3 is 10.1 Å². The van der Waals surface area contributed by atoms with E-state index >= 15 is 0 Å². The Kier molecular flexibility index (Phi) is 1.66. The van der Waals surface area contributed by atoms with Gasteiger partial charge in [-0.2, -0.15) is 13.2 Å². The Balaban J connectivity index is 3.09. The van der Waals surface area contributed by atoms with Crippen LogP contribution in [0, 0.1) is 0 Å². The number of hydrogen-bond donors (Lipinski definition) is 1. The molecule has 0 aromatic heterocycles. The van der Waals surface area contributed by atoms with E-state index in [-0.39, 0.29) is 5.32 Å². The Hall–Kier alpha value is -2.01. The largest absolute Gasteiger partial charge is 0.486 e. The summed E-state index contributed by atoms with van der Waals surface area (Å²) >= 11 is 0. The van der Waals surface area contributed by atoms with Crippen LogP contribution in [0.15, 0.2) is 54.4 Å². The Morgan fingerprint density at radius 1 is 1.23 bits per heavy atom. The quantitative estimate of drug-likeness (QED) is 0.864. The summed E-state index contributed by atoms with van der Waals surface area (Å²) in [6.45, 7) is -7.09. The Bertz CT molecular complexity index is 1250. The maximum absolute atomic E-state index is 13.4. The normalized spacial score (nSPS) is 27.3. The molecule has 0 saturated heterocycles. The fourth-order valence-corrected chi connectivity index (χ4v) is 1.20. The van der Waals surface area contributed by atoms with Gasteiger partial charge in [-0.05, 0) is 29.7 Å². The first-order valence-corrected chi connectivity index (χ1v) is 5.55. The fourth-order valence-electron chi connectivity index (χ4n) is 1.20. The van der Waals surface area contributed by atoms with Crippen molar-refractivity contribution >= 4 is 0 Å². The van der Waals surface area contributed by atoms with Crippen LogP contribution in [0.25, 0.3) is 0 Å². The molecule has 2 N–H and O–H groups in total. The van der Waals surface area contributed by atoms with Crippen LogP contribution in [-0.4, -0.2) is 13.5 Å². The molecule has 2 aromatic carbocycles. The molecule has 0 amide bonds. The standard InChI is InChI=1S/C17H18F3NO/c1-21-12-11-16(13-5-3-2-4-6-13)22-15-9-7-14(8-10-15)17(18,19)20/h2-10,16,21H,11-12H2,1H3/p+1/t16-/m0/s1/i1D3,2D,3D,4D,5D,6D,7D,8D,9D,10D,11D2,12D2,16D. The predicted octanol–water partition coefficient (Wildman–Crippen LogP) is 3.41. The molecule has 0 bridgehead atoms. The summed E-state index contributed by atoms with van der Waals surface area (Å²) in [5.74, 6) is -1.56. The van der Waals surface area contributed by atoms with Crippen LogP contribution in [0.4, 0.5) is 13.2 Å². The van der Waals surface area contributed by atoms with Gasteiger partial charge in [-0.15, -0.1) is 0 Å². The maximum atomic E-state index is 13.4. The predicted molar refractivity (Wildman–Crippen MR) is 78.6 cm³/mol. The number of alkyl halides is 3. The number of benzene rings is 2. The van der Waals surface area contributed by atoms with Crippen molar-refractivity contribution in [2.45, 2.75) is 18.6 Å². The van der Waals surface area contributed by atoms with E-state index in [2.05, 4.69) is 0 Å². The molecule has 0 spiro atoms. The zero-order valence-electron chi connectivity index (χ0n) is 27.6. The number of ether oxygens (including phenoxy) is 1. The summed E-state index contributed by atoms with van der Waals surface area (Å²) in [6.07, 6.45) is -13.5. The minimum Gasteiger partial charge on any atom is -0.486 e. The Morgan fingerprint density at radius 2 is 1.91 bits per heavy atom. The second kappa shape index (κ2) is 7.31. The molecule has 2 nitrogen and oxygen atoms in total. The van der Waals surface area contributed by atoms with Crippen molar-refractivity contribution in [3.8, 4) is 5.75 Å². The van der Waals surface area contributed by atoms with Gasteiger partial charge in [0.2, 0.25) is 0 Å². The summed E-state index contributed by atoms with van der Waals surface area (Å²) in [4.78, 5) is 0. The van der Waals surface area contributed by atoms with Crippen molar-refractivity contribution < 1.29 is 46.5 Å². The highest BCUT2D eigenvalue weighted by Gasteiger charge is 2.30. The second-order valence-electron chi connectivity index (χ2n) is 3.55. The van der Waals surface area contributed by atoms with Gasteiger partial charge in [-0.25, -0.2) is 0 Å². The average molecular weight is 327 g/mol. The molecule has 0 heterocycles. The lowest BCUT2D eigenvalue weighted by atomic mass is 10.1. The summed E-state index contributed by atoms with van der Waals surface area (Å²) in [5.41, 5.74) is -3.52. The molecule has 0 fully saturated rings. The second-order valence-corrected chi connectivity index (χ2v) is 3.55. The van der Waals surface area contributed by atoms with E-state index < -0.39 is 103 Å². The Morgan fingerprint density at radius 3 is 2.50 bits per heavy atom. The van der Waals surface area contributed by atoms with E-state index in [1.807, 2.05) is 0 Å². The van der Waals surface area contributed by atoms with Gasteiger partial charge in [0, 0.05) is 9.11 Å². The highest BCUT2D eigenvalue weighted by atomic mass is 19.4. The molecule has 0 aliphatic carbocycles. The zero-order valence-corrected chi connectivity index (χ0v) is 10.6. The molecule has 118 valence electrons. The lowest BCUT2D eigenvalue weighted by molar-refractivity contribution is -0.628. The fraction of sp³-hybridized carbons (Fsp3) is 0.294. The summed E-state index contributed by atoms with van der Waals surface area (Å²) in [7, 11) is 0. The van der Waals surface area contributed by atoms with Crippen LogP contribution in [0.5, 0.6) is 5.75 Å². The van der Waals surface area contributed by atoms with Crippen LogP contribution < -0.4 is 10.1 Å². The van der Waals surface area contributed by atoms with E-state index in [9.17, 15) is 13.2 Å². The maximum Gasteiger partial charge on any atom is 0.416 e. The highest BCUT2D eigenvalue weighted by molar-refractivity contribution is 5.30. The van der Waals surface area contributed by atoms with Gasteiger partial charge in [0.15, 0.2) is 0 Å². The highest BCUT2D eigenvalue weighted by Crippen LogP contribution is 2.31. The van der Waals surface area contributed by atoms with E-state index in [1.165, 1.54) is 0 Å². The van der Waals surface area contributed by atoms with Crippen molar-refractivity contribution in [1.29, 1.82) is 0 Å². The molecule has 22 heavy (non-hydrogen) atoms. The van der Waals surface area contributed by atoms with Gasteiger partial charge in [-0.3, -0.25) is 0 Å². The van der Waals surface area contributed by atoms with E-state index in [0.717, 1.165) is 0 Å². The van der Waals surface area contributed by atoms with Crippen LogP contribution in [0.2, 0.25) is 0 Å². The molecule has 0 unspecified atom stereocenters. The minimum absolute atomic E-state index is 0.191. The van der Waals surface area contributed by atoms with Gasteiger partial charge in [-0.1, -0.05) is 30.2 Å². The van der Waals surface area contributed by atoms with Crippen molar-refractivity contribution in [1.82, 2.24) is 0 Å². The lowest BCUT2D eigenvalue weighted by Crippen LogP contribution is -2.79. The van der Waals surface area contributed by atoms with E-state index in [4.69, 9.17) is 28.0 Å². The molecule has 5 heteroatoms.